The molecule has 0 rings (SSSR count). The Balaban J connectivity index is 4.16. The van der Waals surface area contributed by atoms with E-state index in [1.165, 1.54) is 10.0 Å². The number of rotatable bonds is 3. The molecular weight excluding hydrogens is 168 g/mol. The van der Waals surface area contributed by atoms with Gasteiger partial charge in [0.05, 0.1) is 0 Å². The zero-order chi connectivity index (χ0) is 10.4. The van der Waals surface area contributed by atoms with Crippen LogP contribution in [-0.2, 0) is 9.59 Å². The van der Waals surface area contributed by atoms with Crippen molar-refractivity contribution in [2.75, 3.05) is 14.1 Å². The standard InChI is InChI=1S/C9H18N2O2/c1-5-7-9(13)11(4)10(3)8(12)6-2/h5-7H2,1-4H3. The zero-order valence-corrected chi connectivity index (χ0v) is 8.83. The van der Waals surface area contributed by atoms with Gasteiger partial charge in [0.15, 0.2) is 0 Å². The van der Waals surface area contributed by atoms with Gasteiger partial charge in [-0.3, -0.25) is 19.6 Å². The fourth-order valence-electron chi connectivity index (χ4n) is 0.939. The Bertz CT molecular complexity index is 192. The Hall–Kier alpha value is -1.06. The van der Waals surface area contributed by atoms with E-state index in [-0.39, 0.29) is 11.8 Å². The highest BCUT2D eigenvalue weighted by Gasteiger charge is 2.15. The van der Waals surface area contributed by atoms with E-state index in [2.05, 4.69) is 0 Å². The highest BCUT2D eigenvalue weighted by atomic mass is 16.2. The first-order valence-electron chi connectivity index (χ1n) is 4.57. The number of hydrogen-bond acceptors (Lipinski definition) is 2. The molecule has 13 heavy (non-hydrogen) atoms. The fourth-order valence-corrected chi connectivity index (χ4v) is 0.939. The molecule has 0 fully saturated rings. The fraction of sp³-hybridized carbons (Fsp3) is 0.778. The lowest BCUT2D eigenvalue weighted by atomic mass is 10.3. The van der Waals surface area contributed by atoms with Crippen molar-refractivity contribution in [2.45, 2.75) is 33.1 Å². The molecule has 0 aromatic heterocycles. The summed E-state index contributed by atoms with van der Waals surface area (Å²) < 4.78 is 0. The summed E-state index contributed by atoms with van der Waals surface area (Å²) in [6, 6.07) is 0. The van der Waals surface area contributed by atoms with Gasteiger partial charge in [-0.25, -0.2) is 0 Å². The maximum atomic E-state index is 11.3. The molecule has 0 spiro atoms. The lowest BCUT2D eigenvalue weighted by Crippen LogP contribution is -2.44. The van der Waals surface area contributed by atoms with Crippen LogP contribution in [0.15, 0.2) is 0 Å². The number of carbonyl (C=O) groups excluding carboxylic acids is 2. The predicted octanol–water partition coefficient (Wildman–Crippen LogP) is 1.03. The van der Waals surface area contributed by atoms with Crippen LogP contribution in [0, 0.1) is 0 Å². The topological polar surface area (TPSA) is 40.6 Å². The second-order valence-electron chi connectivity index (χ2n) is 2.94. The van der Waals surface area contributed by atoms with E-state index in [0.29, 0.717) is 12.8 Å². The minimum absolute atomic E-state index is 0.0215. The summed E-state index contributed by atoms with van der Waals surface area (Å²) >= 11 is 0. The highest BCUT2D eigenvalue weighted by Crippen LogP contribution is 2.00. The number of nitrogens with zero attached hydrogens (tertiary/aromatic N) is 2. The zero-order valence-electron chi connectivity index (χ0n) is 8.83. The molecule has 0 N–H and O–H groups in total. The molecule has 0 saturated heterocycles. The maximum absolute atomic E-state index is 11.3. The molecule has 0 saturated carbocycles. The van der Waals surface area contributed by atoms with Gasteiger partial charge in [-0.1, -0.05) is 13.8 Å². The Morgan fingerprint density at radius 3 is 1.85 bits per heavy atom. The summed E-state index contributed by atoms with van der Waals surface area (Å²) in [6.45, 7) is 3.71. The minimum atomic E-state index is -0.0491. The number of amides is 2. The normalized spacial score (nSPS) is 9.54. The van der Waals surface area contributed by atoms with Gasteiger partial charge in [-0.05, 0) is 6.42 Å². The molecule has 0 atom stereocenters. The molecule has 76 valence electrons. The van der Waals surface area contributed by atoms with Crippen molar-refractivity contribution < 1.29 is 9.59 Å². The second-order valence-corrected chi connectivity index (χ2v) is 2.94. The third-order valence-corrected chi connectivity index (χ3v) is 1.94. The lowest BCUT2D eigenvalue weighted by Gasteiger charge is -2.27. The summed E-state index contributed by atoms with van der Waals surface area (Å²) in [5, 5.41) is 2.73. The van der Waals surface area contributed by atoms with Crippen molar-refractivity contribution in [3.63, 3.8) is 0 Å². The molecule has 0 aromatic rings. The maximum Gasteiger partial charge on any atom is 0.240 e. The van der Waals surface area contributed by atoms with Crippen LogP contribution in [0.25, 0.3) is 0 Å². The first-order valence-corrected chi connectivity index (χ1v) is 4.57. The molecule has 0 aliphatic carbocycles. The van der Waals surface area contributed by atoms with Gasteiger partial charge in [0, 0.05) is 26.9 Å². The number of hydrazine groups is 1. The molecule has 0 bridgehead atoms. The second kappa shape index (κ2) is 5.56. The average Bonchev–Trinajstić information content (AvgIpc) is 2.14. The molecule has 4 nitrogen and oxygen atoms in total. The van der Waals surface area contributed by atoms with Crippen LogP contribution in [0.3, 0.4) is 0 Å². The quantitative estimate of drug-likeness (QED) is 0.618. The van der Waals surface area contributed by atoms with E-state index in [1.54, 1.807) is 21.0 Å². The van der Waals surface area contributed by atoms with Crippen LogP contribution in [0.1, 0.15) is 33.1 Å². The van der Waals surface area contributed by atoms with Crippen LogP contribution in [0.4, 0.5) is 0 Å². The Kier molecular flexibility index (Phi) is 5.11. The van der Waals surface area contributed by atoms with Crippen molar-refractivity contribution >= 4 is 11.8 Å². The molecule has 0 unspecified atom stereocenters. The Morgan fingerprint density at radius 1 is 1.00 bits per heavy atom. The van der Waals surface area contributed by atoms with Gasteiger partial charge in [0.1, 0.15) is 0 Å². The van der Waals surface area contributed by atoms with Crippen LogP contribution in [0.2, 0.25) is 0 Å². The predicted molar refractivity (Wildman–Crippen MR) is 50.7 cm³/mol. The van der Waals surface area contributed by atoms with E-state index < -0.39 is 0 Å². The molecule has 0 heterocycles. The highest BCUT2D eigenvalue weighted by molar-refractivity contribution is 5.81. The first kappa shape index (κ1) is 11.9. The third kappa shape index (κ3) is 3.44. The summed E-state index contributed by atoms with van der Waals surface area (Å²) in [5.74, 6) is -0.0706. The van der Waals surface area contributed by atoms with Crippen LogP contribution < -0.4 is 0 Å². The number of hydrogen-bond donors (Lipinski definition) is 0. The summed E-state index contributed by atoms with van der Waals surface area (Å²) in [7, 11) is 3.23. The SMILES string of the molecule is CCCC(=O)N(C)N(C)C(=O)CC. The van der Waals surface area contributed by atoms with Crippen LogP contribution >= 0.6 is 0 Å². The van der Waals surface area contributed by atoms with E-state index in [4.69, 9.17) is 0 Å². The first-order chi connectivity index (χ1) is 6.04. The van der Waals surface area contributed by atoms with Gasteiger partial charge >= 0.3 is 0 Å². The smallest absolute Gasteiger partial charge is 0.240 e. The van der Waals surface area contributed by atoms with Gasteiger partial charge in [0.2, 0.25) is 11.8 Å². The molecule has 0 aromatic carbocycles. The summed E-state index contributed by atoms with van der Waals surface area (Å²) in [6.07, 6.45) is 1.70. The monoisotopic (exact) mass is 186 g/mol. The van der Waals surface area contributed by atoms with Crippen LogP contribution in [0.5, 0.6) is 0 Å². The van der Waals surface area contributed by atoms with E-state index in [0.717, 1.165) is 6.42 Å². The number of carbonyl (C=O) groups is 2. The van der Waals surface area contributed by atoms with Crippen molar-refractivity contribution in [3.8, 4) is 0 Å². The minimum Gasteiger partial charge on any atom is -0.273 e. The average molecular weight is 186 g/mol. The van der Waals surface area contributed by atoms with Gasteiger partial charge in [0.25, 0.3) is 0 Å². The van der Waals surface area contributed by atoms with E-state index in [1.807, 2.05) is 6.92 Å². The van der Waals surface area contributed by atoms with Crippen molar-refractivity contribution in [2.24, 2.45) is 0 Å². The van der Waals surface area contributed by atoms with Crippen LogP contribution in [-0.4, -0.2) is 35.9 Å². The van der Waals surface area contributed by atoms with Gasteiger partial charge < -0.3 is 0 Å². The Labute approximate surface area is 79.5 Å². The van der Waals surface area contributed by atoms with E-state index in [9.17, 15) is 9.59 Å². The molecule has 0 aliphatic heterocycles. The third-order valence-electron chi connectivity index (χ3n) is 1.94. The lowest BCUT2D eigenvalue weighted by molar-refractivity contribution is -0.157. The van der Waals surface area contributed by atoms with Crippen molar-refractivity contribution in [1.29, 1.82) is 0 Å². The van der Waals surface area contributed by atoms with Gasteiger partial charge in [-0.15, -0.1) is 0 Å². The molecule has 0 aliphatic rings. The molecule has 4 heteroatoms. The van der Waals surface area contributed by atoms with E-state index >= 15 is 0 Å². The Morgan fingerprint density at radius 2 is 1.46 bits per heavy atom. The molecule has 2 amide bonds. The summed E-state index contributed by atoms with van der Waals surface area (Å²) in [5.41, 5.74) is 0. The summed E-state index contributed by atoms with van der Waals surface area (Å²) in [4.78, 5) is 22.5. The van der Waals surface area contributed by atoms with Gasteiger partial charge in [-0.2, -0.15) is 0 Å². The largest absolute Gasteiger partial charge is 0.273 e. The molecular formula is C9H18N2O2. The molecule has 0 radical (unpaired) electrons. The van der Waals surface area contributed by atoms with Crippen molar-refractivity contribution in [1.82, 2.24) is 10.0 Å². The van der Waals surface area contributed by atoms with Crippen molar-refractivity contribution in [3.05, 3.63) is 0 Å².